The molecule has 1 fully saturated rings. The summed E-state index contributed by atoms with van der Waals surface area (Å²) in [6.45, 7) is 12.2. The standard InChI is InChI=1S/C14H24N4O.C3H8O2.CH5N/c1-4-5-12-8-15-10-17-18(12)14-7-6-13(19-14)9-16-11(2)3;1-3(2,4)5;1-2/h4-5,8,11,13-14,16-17H,1,6-7,9-10H2,2-3H3;4-5H,1-2H3;2H2,1H3/b12-5-;;. The van der Waals surface area contributed by atoms with E-state index in [4.69, 9.17) is 14.9 Å². The summed E-state index contributed by atoms with van der Waals surface area (Å²) >= 11 is 0. The van der Waals surface area contributed by atoms with E-state index in [0.29, 0.717) is 12.7 Å². The van der Waals surface area contributed by atoms with Gasteiger partial charge in [-0.1, -0.05) is 26.5 Å². The van der Waals surface area contributed by atoms with Gasteiger partial charge in [-0.25, -0.2) is 5.43 Å². The number of hydrogen-bond acceptors (Lipinski definition) is 8. The topological polar surface area (TPSA) is 115 Å². The first-order valence-electron chi connectivity index (χ1n) is 8.97. The fourth-order valence-electron chi connectivity index (χ4n) is 2.32. The summed E-state index contributed by atoms with van der Waals surface area (Å²) in [6.07, 6.45) is 8.06. The maximum atomic E-state index is 8.08. The molecule has 8 nitrogen and oxygen atoms in total. The predicted octanol–water partition coefficient (Wildman–Crippen LogP) is 0.690. The molecule has 26 heavy (non-hydrogen) atoms. The molecule has 2 heterocycles. The highest BCUT2D eigenvalue weighted by atomic mass is 16.5. The van der Waals surface area contributed by atoms with Crippen LogP contribution in [-0.4, -0.2) is 65.9 Å². The van der Waals surface area contributed by atoms with Crippen LogP contribution in [0.4, 0.5) is 0 Å². The summed E-state index contributed by atoms with van der Waals surface area (Å²) in [5.74, 6) is -1.50. The normalized spacial score (nSPS) is 24.0. The number of rotatable bonds is 5. The molecule has 2 aliphatic heterocycles. The van der Waals surface area contributed by atoms with Crippen LogP contribution in [0.25, 0.3) is 0 Å². The molecule has 152 valence electrons. The van der Waals surface area contributed by atoms with E-state index < -0.39 is 5.79 Å². The van der Waals surface area contributed by atoms with Crippen molar-refractivity contribution in [1.82, 2.24) is 15.8 Å². The van der Waals surface area contributed by atoms with E-state index in [2.05, 4.69) is 46.9 Å². The second-order valence-electron chi connectivity index (χ2n) is 6.67. The van der Waals surface area contributed by atoms with E-state index in [9.17, 15) is 0 Å². The molecule has 0 aromatic carbocycles. The molecule has 1 saturated heterocycles. The van der Waals surface area contributed by atoms with Gasteiger partial charge in [0.05, 0.1) is 11.8 Å². The second-order valence-corrected chi connectivity index (χ2v) is 6.67. The number of nitrogens with two attached hydrogens (primary N) is 1. The Labute approximate surface area is 157 Å². The first kappa shape index (κ1) is 24.7. The first-order valence-corrected chi connectivity index (χ1v) is 8.97. The molecular formula is C18H37N5O3. The van der Waals surface area contributed by atoms with Crippen LogP contribution < -0.4 is 16.5 Å². The van der Waals surface area contributed by atoms with Crippen LogP contribution in [0.3, 0.4) is 0 Å². The predicted molar refractivity (Wildman–Crippen MR) is 106 cm³/mol. The number of hydrazine groups is 1. The monoisotopic (exact) mass is 371 g/mol. The number of aliphatic imine (C=N–C) groups is 1. The Morgan fingerprint density at radius 3 is 2.62 bits per heavy atom. The molecular weight excluding hydrogens is 334 g/mol. The Hall–Kier alpha value is -1.29. The van der Waals surface area contributed by atoms with Gasteiger partial charge in [0, 0.05) is 18.8 Å². The zero-order chi connectivity index (χ0) is 20.2. The highest BCUT2D eigenvalue weighted by Gasteiger charge is 2.31. The third-order valence-corrected chi connectivity index (χ3v) is 3.25. The van der Waals surface area contributed by atoms with Crippen molar-refractivity contribution < 1.29 is 14.9 Å². The minimum absolute atomic E-state index is 0.0805. The third-order valence-electron chi connectivity index (χ3n) is 3.25. The van der Waals surface area contributed by atoms with E-state index in [1.165, 1.54) is 20.9 Å². The molecule has 0 spiro atoms. The van der Waals surface area contributed by atoms with Crippen molar-refractivity contribution in [1.29, 1.82) is 0 Å². The number of ether oxygens (including phenoxy) is 1. The Morgan fingerprint density at radius 2 is 2.08 bits per heavy atom. The number of nitrogens with one attached hydrogen (secondary N) is 2. The number of allylic oxidation sites excluding steroid dienone is 3. The molecule has 2 unspecified atom stereocenters. The van der Waals surface area contributed by atoms with Gasteiger partial charge in [-0.05, 0) is 39.8 Å². The van der Waals surface area contributed by atoms with Crippen LogP contribution in [0, 0.1) is 0 Å². The molecule has 0 aromatic rings. The second kappa shape index (κ2) is 13.0. The van der Waals surface area contributed by atoms with Crippen LogP contribution in [-0.2, 0) is 4.74 Å². The van der Waals surface area contributed by atoms with Crippen molar-refractivity contribution in [3.05, 3.63) is 24.4 Å². The van der Waals surface area contributed by atoms with Crippen molar-refractivity contribution in [3.63, 3.8) is 0 Å². The van der Waals surface area contributed by atoms with Crippen LogP contribution >= 0.6 is 0 Å². The van der Waals surface area contributed by atoms with Crippen LogP contribution in [0.1, 0.15) is 40.5 Å². The molecule has 6 N–H and O–H groups in total. The van der Waals surface area contributed by atoms with Gasteiger partial charge in [-0.15, -0.1) is 0 Å². The Morgan fingerprint density at radius 1 is 1.46 bits per heavy atom. The highest BCUT2D eigenvalue weighted by Crippen LogP contribution is 2.24. The molecule has 0 saturated carbocycles. The smallest absolute Gasteiger partial charge is 0.156 e. The quantitative estimate of drug-likeness (QED) is 0.452. The summed E-state index contributed by atoms with van der Waals surface area (Å²) in [7, 11) is 1.50. The molecule has 0 aliphatic carbocycles. The van der Waals surface area contributed by atoms with Gasteiger partial charge in [0.15, 0.2) is 5.79 Å². The van der Waals surface area contributed by atoms with Gasteiger partial charge in [0.1, 0.15) is 12.9 Å². The Kier molecular flexibility index (Phi) is 12.3. The fourth-order valence-corrected chi connectivity index (χ4v) is 2.32. The lowest BCUT2D eigenvalue weighted by Gasteiger charge is -2.33. The lowest BCUT2D eigenvalue weighted by molar-refractivity contribution is -0.127. The maximum absolute atomic E-state index is 8.08. The molecule has 0 radical (unpaired) electrons. The molecule has 2 atom stereocenters. The van der Waals surface area contributed by atoms with E-state index in [0.717, 1.165) is 25.1 Å². The molecule has 0 bridgehead atoms. The van der Waals surface area contributed by atoms with Gasteiger partial charge in [0.25, 0.3) is 0 Å². The minimum Gasteiger partial charge on any atom is -0.366 e. The molecule has 2 aliphatic rings. The van der Waals surface area contributed by atoms with Crippen molar-refractivity contribution >= 4 is 6.21 Å². The Balaban J connectivity index is 0.000000772. The van der Waals surface area contributed by atoms with Crippen LogP contribution in [0.5, 0.6) is 0 Å². The van der Waals surface area contributed by atoms with Crippen molar-refractivity contribution in [2.45, 2.75) is 64.7 Å². The van der Waals surface area contributed by atoms with E-state index in [1.807, 2.05) is 12.3 Å². The van der Waals surface area contributed by atoms with E-state index in [1.54, 1.807) is 6.08 Å². The van der Waals surface area contributed by atoms with Gasteiger partial charge >= 0.3 is 0 Å². The molecule has 0 aromatic heterocycles. The average Bonchev–Trinajstić information content (AvgIpc) is 3.03. The molecule has 8 heteroatoms. The number of hydrogen-bond donors (Lipinski definition) is 5. The zero-order valence-corrected chi connectivity index (χ0v) is 16.8. The van der Waals surface area contributed by atoms with Gasteiger partial charge in [0.2, 0.25) is 0 Å². The van der Waals surface area contributed by atoms with Crippen LogP contribution in [0.15, 0.2) is 29.4 Å². The lowest BCUT2D eigenvalue weighted by atomic mass is 10.2. The van der Waals surface area contributed by atoms with Gasteiger partial charge in [-0.2, -0.15) is 0 Å². The van der Waals surface area contributed by atoms with Crippen molar-refractivity contribution in [3.8, 4) is 0 Å². The maximum Gasteiger partial charge on any atom is 0.156 e. The number of aliphatic hydroxyl groups is 2. The SMILES string of the molecule is C=C/C=C1/C=NCNN1C1CCC(CNC(C)C)O1.CC(C)(O)O.CN. The average molecular weight is 372 g/mol. The minimum atomic E-state index is -1.50. The largest absolute Gasteiger partial charge is 0.366 e. The summed E-state index contributed by atoms with van der Waals surface area (Å²) in [4.78, 5) is 4.22. The molecule has 2 rings (SSSR count). The lowest BCUT2D eigenvalue weighted by Crippen LogP contribution is -2.48. The van der Waals surface area contributed by atoms with E-state index in [-0.39, 0.29) is 12.3 Å². The summed E-state index contributed by atoms with van der Waals surface area (Å²) in [5, 5.41) is 21.6. The zero-order valence-electron chi connectivity index (χ0n) is 16.8. The molecule has 0 amide bonds. The summed E-state index contributed by atoms with van der Waals surface area (Å²) < 4.78 is 6.09. The van der Waals surface area contributed by atoms with Gasteiger partial charge in [-0.3, -0.25) is 10.0 Å². The van der Waals surface area contributed by atoms with Crippen molar-refractivity contribution in [2.24, 2.45) is 10.7 Å². The number of nitrogens with zero attached hydrogens (tertiary/aromatic N) is 2. The van der Waals surface area contributed by atoms with Gasteiger partial charge < -0.3 is 26.0 Å². The fraction of sp³-hybridized carbons (Fsp3) is 0.722. The summed E-state index contributed by atoms with van der Waals surface area (Å²) in [6, 6.07) is 0.499. The third kappa shape index (κ3) is 11.3. The Bertz CT molecular complexity index is 441. The van der Waals surface area contributed by atoms with E-state index >= 15 is 0 Å². The van der Waals surface area contributed by atoms with Crippen molar-refractivity contribution in [2.75, 3.05) is 20.3 Å². The first-order chi connectivity index (χ1) is 12.2. The highest BCUT2D eigenvalue weighted by molar-refractivity contribution is 5.78. The summed E-state index contributed by atoms with van der Waals surface area (Å²) in [5.41, 5.74) is 8.76. The van der Waals surface area contributed by atoms with Crippen LogP contribution in [0.2, 0.25) is 0 Å².